The van der Waals surface area contributed by atoms with Crippen LogP contribution >= 0.6 is 0 Å². The first kappa shape index (κ1) is 15.0. The first-order chi connectivity index (χ1) is 7.79. The van der Waals surface area contributed by atoms with Gasteiger partial charge in [-0.2, -0.15) is 0 Å². The van der Waals surface area contributed by atoms with Crippen molar-refractivity contribution < 1.29 is 5.11 Å². The Hall–Kier alpha value is -0.0800. The van der Waals surface area contributed by atoms with E-state index in [-0.39, 0.29) is 0 Å². The van der Waals surface area contributed by atoms with E-state index in [1.807, 2.05) is 13.8 Å². The number of aliphatic hydroxyl groups is 1. The molecule has 0 radical (unpaired) electrons. The Morgan fingerprint density at radius 1 is 1.35 bits per heavy atom. The van der Waals surface area contributed by atoms with Crippen LogP contribution in [0.5, 0.6) is 0 Å². The van der Waals surface area contributed by atoms with Gasteiger partial charge in [-0.3, -0.25) is 4.90 Å². The molecule has 0 aromatic carbocycles. The molecule has 0 aromatic heterocycles. The first-order valence-electron chi connectivity index (χ1n) is 7.27. The monoisotopic (exact) mass is 241 g/mol. The third-order valence-corrected chi connectivity index (χ3v) is 4.27. The van der Waals surface area contributed by atoms with Crippen LogP contribution in [-0.4, -0.2) is 34.2 Å². The summed E-state index contributed by atoms with van der Waals surface area (Å²) in [6, 6.07) is 0.851. The van der Waals surface area contributed by atoms with Gasteiger partial charge in [0.2, 0.25) is 0 Å². The fraction of sp³-hybridized carbons (Fsp3) is 1.00. The van der Waals surface area contributed by atoms with E-state index in [2.05, 4.69) is 32.6 Å². The van der Waals surface area contributed by atoms with Crippen LogP contribution in [0, 0.1) is 11.8 Å². The average Bonchev–Trinajstić information content (AvgIpc) is 2.52. The molecule has 3 unspecified atom stereocenters. The second kappa shape index (κ2) is 5.71. The maximum Gasteiger partial charge on any atom is 0.0749 e. The van der Waals surface area contributed by atoms with E-state index in [1.165, 1.54) is 19.3 Å². The summed E-state index contributed by atoms with van der Waals surface area (Å²) >= 11 is 0. The van der Waals surface area contributed by atoms with Crippen molar-refractivity contribution in [2.75, 3.05) is 6.54 Å². The minimum absolute atomic E-state index is 0.323. The molecule has 0 saturated carbocycles. The predicted octanol–water partition coefficient (Wildman–Crippen LogP) is 3.29. The summed E-state index contributed by atoms with van der Waals surface area (Å²) < 4.78 is 0. The molecule has 1 aliphatic heterocycles. The van der Waals surface area contributed by atoms with Crippen molar-refractivity contribution in [3.8, 4) is 0 Å². The van der Waals surface area contributed by atoms with Gasteiger partial charge in [0.25, 0.3) is 0 Å². The fourth-order valence-electron chi connectivity index (χ4n) is 3.48. The van der Waals surface area contributed by atoms with Gasteiger partial charge in [-0.1, -0.05) is 26.7 Å². The third kappa shape index (κ3) is 3.45. The van der Waals surface area contributed by atoms with Crippen molar-refractivity contribution in [2.24, 2.45) is 11.8 Å². The summed E-state index contributed by atoms with van der Waals surface area (Å²) in [5, 5.41) is 10.5. The van der Waals surface area contributed by atoms with E-state index in [1.54, 1.807) is 0 Å². The standard InChI is InChI=1S/C15H31NO/c1-7-8-9-13-12(4)10-16(11(2)3)14(13)15(5,6)17/h11-14,17H,7-10H2,1-6H3. The van der Waals surface area contributed by atoms with Crippen LogP contribution in [0.2, 0.25) is 0 Å². The van der Waals surface area contributed by atoms with Gasteiger partial charge >= 0.3 is 0 Å². The summed E-state index contributed by atoms with van der Waals surface area (Å²) in [5.41, 5.74) is -0.590. The molecule has 1 aliphatic rings. The van der Waals surface area contributed by atoms with Gasteiger partial charge in [-0.05, 0) is 46.0 Å². The molecular formula is C15H31NO. The zero-order chi connectivity index (χ0) is 13.2. The Labute approximate surface area is 107 Å². The molecule has 0 bridgehead atoms. The zero-order valence-corrected chi connectivity index (χ0v) is 12.5. The third-order valence-electron chi connectivity index (χ3n) is 4.27. The lowest BCUT2D eigenvalue weighted by molar-refractivity contribution is -0.0306. The summed E-state index contributed by atoms with van der Waals surface area (Å²) in [7, 11) is 0. The van der Waals surface area contributed by atoms with E-state index < -0.39 is 5.60 Å². The van der Waals surface area contributed by atoms with Crippen molar-refractivity contribution in [1.82, 2.24) is 4.90 Å². The number of rotatable bonds is 5. The Kier molecular flexibility index (Phi) is 5.03. The molecule has 1 rings (SSSR count). The maximum atomic E-state index is 10.5. The Bertz CT molecular complexity index is 232. The largest absolute Gasteiger partial charge is 0.389 e. The lowest BCUT2D eigenvalue weighted by Crippen LogP contribution is -2.51. The summed E-state index contributed by atoms with van der Waals surface area (Å²) in [6.45, 7) is 14.2. The minimum atomic E-state index is -0.590. The molecular weight excluding hydrogens is 210 g/mol. The van der Waals surface area contributed by atoms with Crippen LogP contribution in [0.3, 0.4) is 0 Å². The number of nitrogens with zero attached hydrogens (tertiary/aromatic N) is 1. The lowest BCUT2D eigenvalue weighted by Gasteiger charge is -2.39. The van der Waals surface area contributed by atoms with E-state index in [9.17, 15) is 5.11 Å². The number of hydrogen-bond donors (Lipinski definition) is 1. The topological polar surface area (TPSA) is 23.5 Å². The molecule has 2 nitrogen and oxygen atoms in total. The highest BCUT2D eigenvalue weighted by atomic mass is 16.3. The van der Waals surface area contributed by atoms with Crippen LogP contribution in [0.4, 0.5) is 0 Å². The summed E-state index contributed by atoms with van der Waals surface area (Å²) in [4.78, 5) is 2.50. The van der Waals surface area contributed by atoms with E-state index in [0.29, 0.717) is 23.9 Å². The molecule has 2 heteroatoms. The van der Waals surface area contributed by atoms with Crippen LogP contribution in [-0.2, 0) is 0 Å². The van der Waals surface area contributed by atoms with E-state index >= 15 is 0 Å². The lowest BCUT2D eigenvalue weighted by atomic mass is 9.80. The van der Waals surface area contributed by atoms with E-state index in [4.69, 9.17) is 0 Å². The molecule has 0 aliphatic carbocycles. The van der Waals surface area contributed by atoms with Crippen molar-refractivity contribution in [3.63, 3.8) is 0 Å². The molecule has 102 valence electrons. The average molecular weight is 241 g/mol. The molecule has 17 heavy (non-hydrogen) atoms. The summed E-state index contributed by atoms with van der Waals surface area (Å²) in [6.07, 6.45) is 3.80. The maximum absolute atomic E-state index is 10.5. The zero-order valence-electron chi connectivity index (χ0n) is 12.5. The second-order valence-corrected chi connectivity index (χ2v) is 6.67. The molecule has 0 spiro atoms. The van der Waals surface area contributed by atoms with Crippen molar-refractivity contribution in [1.29, 1.82) is 0 Å². The van der Waals surface area contributed by atoms with Crippen LogP contribution in [0.25, 0.3) is 0 Å². The first-order valence-corrected chi connectivity index (χ1v) is 7.27. The smallest absolute Gasteiger partial charge is 0.0749 e. The van der Waals surface area contributed by atoms with Gasteiger partial charge in [0.05, 0.1) is 5.60 Å². The van der Waals surface area contributed by atoms with E-state index in [0.717, 1.165) is 6.54 Å². The number of likely N-dealkylation sites (tertiary alicyclic amines) is 1. The molecule has 1 saturated heterocycles. The Morgan fingerprint density at radius 2 is 1.94 bits per heavy atom. The Balaban J connectivity index is 2.86. The van der Waals surface area contributed by atoms with Crippen LogP contribution in [0.1, 0.15) is 60.8 Å². The van der Waals surface area contributed by atoms with Gasteiger partial charge in [0.1, 0.15) is 0 Å². The van der Waals surface area contributed by atoms with Crippen LogP contribution < -0.4 is 0 Å². The SMILES string of the molecule is CCCCC1C(C)CN(C(C)C)C1C(C)(C)O. The molecule has 0 aromatic rings. The molecule has 3 atom stereocenters. The normalized spacial score (nSPS) is 31.4. The highest BCUT2D eigenvalue weighted by Crippen LogP contribution is 2.39. The Morgan fingerprint density at radius 3 is 2.35 bits per heavy atom. The number of hydrogen-bond acceptors (Lipinski definition) is 2. The summed E-state index contributed by atoms with van der Waals surface area (Å²) in [5.74, 6) is 1.36. The van der Waals surface area contributed by atoms with Crippen molar-refractivity contribution in [2.45, 2.75) is 78.5 Å². The molecule has 1 N–H and O–H groups in total. The van der Waals surface area contributed by atoms with Gasteiger partial charge in [0, 0.05) is 18.6 Å². The molecule has 1 heterocycles. The fourth-order valence-corrected chi connectivity index (χ4v) is 3.48. The highest BCUT2D eigenvalue weighted by Gasteiger charge is 2.46. The molecule has 0 amide bonds. The van der Waals surface area contributed by atoms with Crippen LogP contribution in [0.15, 0.2) is 0 Å². The highest BCUT2D eigenvalue weighted by molar-refractivity contribution is 5.00. The van der Waals surface area contributed by atoms with Crippen molar-refractivity contribution >= 4 is 0 Å². The second-order valence-electron chi connectivity index (χ2n) is 6.67. The van der Waals surface area contributed by atoms with Gasteiger partial charge < -0.3 is 5.11 Å². The quantitative estimate of drug-likeness (QED) is 0.798. The minimum Gasteiger partial charge on any atom is -0.389 e. The van der Waals surface area contributed by atoms with Gasteiger partial charge in [-0.25, -0.2) is 0 Å². The molecule has 1 fully saturated rings. The number of unbranched alkanes of at least 4 members (excludes halogenated alkanes) is 1. The predicted molar refractivity (Wildman–Crippen MR) is 74.1 cm³/mol. The van der Waals surface area contributed by atoms with Gasteiger partial charge in [0.15, 0.2) is 0 Å². The van der Waals surface area contributed by atoms with Gasteiger partial charge in [-0.15, -0.1) is 0 Å². The van der Waals surface area contributed by atoms with Crippen molar-refractivity contribution in [3.05, 3.63) is 0 Å².